The Hall–Kier alpha value is -8.80. The van der Waals surface area contributed by atoms with Crippen molar-refractivity contribution in [2.45, 2.75) is 26.2 Å². The molecule has 9 aromatic carbocycles. The van der Waals surface area contributed by atoms with Crippen LogP contribution in [0.4, 0.5) is 0 Å². The number of nitrogens with zero attached hydrogens (tertiary/aromatic N) is 4. The van der Waals surface area contributed by atoms with E-state index in [0.717, 1.165) is 84.1 Å². The summed E-state index contributed by atoms with van der Waals surface area (Å²) < 4.78 is 13.6. The molecule has 0 N–H and O–H groups in total. The van der Waals surface area contributed by atoms with Crippen LogP contribution in [0.2, 0.25) is 0 Å². The molecule has 0 bridgehead atoms. The van der Waals surface area contributed by atoms with Crippen LogP contribution in [0.25, 0.3) is 106 Å². The first-order chi connectivity index (χ1) is 33.9. The Bertz CT molecular complexity index is 3960. The van der Waals surface area contributed by atoms with Gasteiger partial charge in [-0.3, -0.25) is 13.7 Å². The number of hydrogen-bond donors (Lipinski definition) is 0. The highest BCUT2D eigenvalue weighted by Crippen LogP contribution is 2.52. The summed E-state index contributed by atoms with van der Waals surface area (Å²) in [5.41, 5.74) is 18.1. The van der Waals surface area contributed by atoms with Gasteiger partial charge in [0.2, 0.25) is 0 Å². The van der Waals surface area contributed by atoms with Gasteiger partial charge >= 0.3 is 0 Å². The molecule has 0 atom stereocenters. The smallest absolute Gasteiger partial charge is 0.269 e. The Morgan fingerprint density at radius 3 is 2.00 bits per heavy atom. The van der Waals surface area contributed by atoms with Crippen molar-refractivity contribution in [1.29, 1.82) is 0 Å². The van der Waals surface area contributed by atoms with Crippen LogP contribution >= 0.6 is 0 Å². The van der Waals surface area contributed by atoms with Crippen molar-refractivity contribution >= 4 is 32.7 Å². The lowest BCUT2D eigenvalue weighted by Gasteiger charge is -2.21. The number of benzene rings is 9. The highest BCUT2D eigenvalue weighted by molar-refractivity contribution is 6.19. The molecule has 0 aliphatic heterocycles. The molecule has 328 valence electrons. The molecule has 13 rings (SSSR count). The van der Waals surface area contributed by atoms with Gasteiger partial charge in [-0.25, -0.2) is 4.98 Å². The van der Waals surface area contributed by atoms with E-state index in [1.165, 1.54) is 38.6 Å². The van der Waals surface area contributed by atoms with Gasteiger partial charge < -0.3 is 4.74 Å². The maximum Gasteiger partial charge on any atom is 0.269 e. The van der Waals surface area contributed by atoms with Gasteiger partial charge in [0, 0.05) is 28.8 Å². The second-order valence-corrected chi connectivity index (χ2v) is 18.9. The molecule has 0 saturated carbocycles. The van der Waals surface area contributed by atoms with Crippen LogP contribution in [0.5, 0.6) is 11.5 Å². The zero-order valence-corrected chi connectivity index (χ0v) is 38.6. The highest BCUT2D eigenvalue weighted by Gasteiger charge is 2.29. The second kappa shape index (κ2) is 15.9. The average Bonchev–Trinajstić information content (AvgIpc) is 3.91. The van der Waals surface area contributed by atoms with Crippen LogP contribution in [0, 0.1) is 6.33 Å². The van der Waals surface area contributed by atoms with Crippen molar-refractivity contribution in [2.24, 2.45) is 0 Å². The van der Waals surface area contributed by atoms with Gasteiger partial charge in [0.25, 0.3) is 6.33 Å². The Morgan fingerprint density at radius 1 is 0.507 bits per heavy atom. The SMILES string of the molecule is CC(C)(C)c1cccc(-c2cccc(-c3ccccc3)c2-[n+]2[c-]n(-c3cccc(Oc4ccc5c6c(n(-c7ccccn7)c5c4)-c4ccccc4-c4cccc5cccc-6c45)c3)c3ccccc32)c1. The van der Waals surface area contributed by atoms with Crippen molar-refractivity contribution in [3.8, 4) is 84.5 Å². The summed E-state index contributed by atoms with van der Waals surface area (Å²) in [7, 11) is 0. The van der Waals surface area contributed by atoms with Crippen LogP contribution < -0.4 is 9.30 Å². The number of para-hydroxylation sites is 3. The van der Waals surface area contributed by atoms with Crippen molar-refractivity contribution in [2.75, 3.05) is 0 Å². The van der Waals surface area contributed by atoms with Gasteiger partial charge in [-0.1, -0.05) is 191 Å². The first-order valence-electron chi connectivity index (χ1n) is 23.6. The number of hydrogen-bond acceptors (Lipinski definition) is 2. The lowest BCUT2D eigenvalue weighted by Crippen LogP contribution is -2.31. The van der Waals surface area contributed by atoms with Gasteiger partial charge in [-0.05, 0) is 103 Å². The van der Waals surface area contributed by atoms with Gasteiger partial charge in [0.15, 0.2) is 0 Å². The molecule has 0 spiro atoms. The predicted molar refractivity (Wildman–Crippen MR) is 282 cm³/mol. The molecule has 1 aliphatic carbocycles. The van der Waals surface area contributed by atoms with E-state index in [-0.39, 0.29) is 5.41 Å². The summed E-state index contributed by atoms with van der Waals surface area (Å²) in [4.78, 5) is 4.96. The van der Waals surface area contributed by atoms with E-state index in [1.807, 2.05) is 18.3 Å². The van der Waals surface area contributed by atoms with Crippen LogP contribution in [0.15, 0.2) is 225 Å². The summed E-state index contributed by atoms with van der Waals surface area (Å²) in [6.45, 7) is 6.81. The quantitative estimate of drug-likeness (QED) is 0.118. The first-order valence-corrected chi connectivity index (χ1v) is 23.6. The summed E-state index contributed by atoms with van der Waals surface area (Å²) in [6.07, 6.45) is 5.72. The highest BCUT2D eigenvalue weighted by atomic mass is 16.5. The summed E-state index contributed by atoms with van der Waals surface area (Å²) in [5, 5.41) is 3.61. The Kier molecular flexibility index (Phi) is 9.34. The largest absolute Gasteiger partial charge is 0.458 e. The average molecular weight is 887 g/mol. The minimum atomic E-state index is -0.00208. The van der Waals surface area contributed by atoms with Crippen LogP contribution in [0.1, 0.15) is 26.3 Å². The molecular weight excluding hydrogens is 841 g/mol. The van der Waals surface area contributed by atoms with Crippen molar-refractivity contribution in [1.82, 2.24) is 14.1 Å². The third-order valence-corrected chi connectivity index (χ3v) is 13.7. The maximum absolute atomic E-state index is 6.91. The van der Waals surface area contributed by atoms with E-state index in [2.05, 4.69) is 247 Å². The van der Waals surface area contributed by atoms with E-state index in [1.54, 1.807) is 0 Å². The molecule has 0 fully saturated rings. The lowest BCUT2D eigenvalue weighted by atomic mass is 9.85. The zero-order chi connectivity index (χ0) is 46.2. The summed E-state index contributed by atoms with van der Waals surface area (Å²) in [6, 6.07) is 77.8. The van der Waals surface area contributed by atoms with E-state index in [4.69, 9.17) is 9.72 Å². The monoisotopic (exact) mass is 886 g/mol. The third-order valence-electron chi connectivity index (χ3n) is 13.7. The zero-order valence-electron chi connectivity index (χ0n) is 38.6. The summed E-state index contributed by atoms with van der Waals surface area (Å²) >= 11 is 0. The number of fused-ring (bicyclic) bond motifs is 8. The number of imidazole rings is 1. The molecule has 3 aromatic heterocycles. The van der Waals surface area contributed by atoms with Crippen LogP contribution in [-0.2, 0) is 5.41 Å². The fraction of sp³-hybridized carbons (Fsp3) is 0.0625. The molecular formula is C64H46N4O. The Morgan fingerprint density at radius 2 is 1.17 bits per heavy atom. The van der Waals surface area contributed by atoms with E-state index in [0.29, 0.717) is 0 Å². The van der Waals surface area contributed by atoms with Gasteiger partial charge in [-0.2, -0.15) is 0 Å². The van der Waals surface area contributed by atoms with E-state index in [9.17, 15) is 0 Å². The first kappa shape index (κ1) is 40.5. The molecule has 12 aromatic rings. The molecule has 0 saturated heterocycles. The molecule has 3 heterocycles. The normalized spacial score (nSPS) is 12.0. The molecule has 0 radical (unpaired) electrons. The summed E-state index contributed by atoms with van der Waals surface area (Å²) in [5.74, 6) is 2.29. The lowest BCUT2D eigenvalue weighted by molar-refractivity contribution is -0.571. The molecule has 5 heteroatoms. The molecule has 69 heavy (non-hydrogen) atoms. The fourth-order valence-electron chi connectivity index (χ4n) is 10.5. The minimum absolute atomic E-state index is 0.00208. The van der Waals surface area contributed by atoms with Gasteiger partial charge in [0.05, 0.1) is 33.6 Å². The Balaban J connectivity index is 0.959. The minimum Gasteiger partial charge on any atom is -0.458 e. The molecule has 5 nitrogen and oxygen atoms in total. The van der Waals surface area contributed by atoms with E-state index < -0.39 is 0 Å². The number of aromatic nitrogens is 4. The number of pyridine rings is 1. The van der Waals surface area contributed by atoms with Crippen LogP contribution in [0.3, 0.4) is 0 Å². The van der Waals surface area contributed by atoms with Crippen LogP contribution in [-0.4, -0.2) is 14.1 Å². The van der Waals surface area contributed by atoms with Crippen molar-refractivity contribution in [3.63, 3.8) is 0 Å². The molecule has 1 aliphatic rings. The number of ether oxygens (including phenoxy) is 1. The van der Waals surface area contributed by atoms with Crippen molar-refractivity contribution < 1.29 is 9.30 Å². The number of rotatable bonds is 7. The van der Waals surface area contributed by atoms with Gasteiger partial charge in [0.1, 0.15) is 17.3 Å². The Labute approximate surface area is 401 Å². The van der Waals surface area contributed by atoms with Crippen molar-refractivity contribution in [3.05, 3.63) is 236 Å². The standard InChI is InChI=1S/C64H46N4O/c1-64(2,3)45-23-13-22-44(38-45)50-29-17-28-49(42-18-5-4-6-19-42)62(50)67-41-66(56-32-9-10-33-57(56)67)46-24-16-25-47(39-46)69-48-35-36-54-58(40-48)68(59-34-11-12-37-65-59)63-53-27-8-7-26-51(53)52-30-14-20-43-21-15-31-55(60(43)52)61(54)63/h4-40H,1-3H3. The second-order valence-electron chi connectivity index (χ2n) is 18.9. The predicted octanol–water partition coefficient (Wildman–Crippen LogP) is 15.9. The van der Waals surface area contributed by atoms with E-state index >= 15 is 0 Å². The third kappa shape index (κ3) is 6.69. The molecule has 0 unspecified atom stereocenters. The molecule has 0 amide bonds. The topological polar surface area (TPSA) is 35.9 Å². The fourth-order valence-corrected chi connectivity index (χ4v) is 10.5. The maximum atomic E-state index is 6.91. The van der Waals surface area contributed by atoms with Gasteiger partial charge in [-0.15, -0.1) is 0 Å².